The van der Waals surface area contributed by atoms with Gasteiger partial charge in [-0.3, -0.25) is 14.3 Å². The maximum atomic E-state index is 12.7. The molecule has 3 aromatic rings. The fourth-order valence-corrected chi connectivity index (χ4v) is 2.73. The van der Waals surface area contributed by atoms with Gasteiger partial charge in [0.25, 0.3) is 5.91 Å². The predicted molar refractivity (Wildman–Crippen MR) is 102 cm³/mol. The number of aromatic nitrogens is 2. The maximum absolute atomic E-state index is 12.7. The number of hydrogen-bond acceptors (Lipinski definition) is 5. The second kappa shape index (κ2) is 7.41. The number of carbonyl (C=O) groups is 2. The highest BCUT2D eigenvalue weighted by molar-refractivity contribution is 6.04. The number of nitrogens with zero attached hydrogens (tertiary/aromatic N) is 2. The fourth-order valence-electron chi connectivity index (χ4n) is 2.73. The van der Waals surface area contributed by atoms with Crippen molar-refractivity contribution in [3.63, 3.8) is 0 Å². The van der Waals surface area contributed by atoms with E-state index >= 15 is 0 Å². The largest absolute Gasteiger partial charge is 0.462 e. The third-order valence-electron chi connectivity index (χ3n) is 4.08. The zero-order chi connectivity index (χ0) is 19.6. The Hall–Kier alpha value is -3.48. The quantitative estimate of drug-likeness (QED) is 0.718. The SMILES string of the molecule is CCOC(=O)c1ccc(NC(=O)c2nn(C)c3ccc(C)cc3c2=O)cc1. The van der Waals surface area contributed by atoms with Crippen LogP contribution in [0.4, 0.5) is 5.69 Å². The van der Waals surface area contributed by atoms with E-state index in [1.807, 2.05) is 13.0 Å². The molecule has 0 saturated heterocycles. The van der Waals surface area contributed by atoms with Crippen molar-refractivity contribution in [1.82, 2.24) is 9.78 Å². The summed E-state index contributed by atoms with van der Waals surface area (Å²) in [6, 6.07) is 11.7. The van der Waals surface area contributed by atoms with Gasteiger partial charge < -0.3 is 10.1 Å². The first-order chi connectivity index (χ1) is 12.9. The van der Waals surface area contributed by atoms with Crippen molar-refractivity contribution in [2.45, 2.75) is 13.8 Å². The van der Waals surface area contributed by atoms with E-state index in [2.05, 4.69) is 10.4 Å². The highest BCUT2D eigenvalue weighted by atomic mass is 16.5. The first kappa shape index (κ1) is 18.3. The van der Waals surface area contributed by atoms with E-state index in [9.17, 15) is 14.4 Å². The maximum Gasteiger partial charge on any atom is 0.338 e. The smallest absolute Gasteiger partial charge is 0.338 e. The lowest BCUT2D eigenvalue weighted by atomic mass is 10.1. The topological polar surface area (TPSA) is 90.3 Å². The van der Waals surface area contributed by atoms with E-state index in [1.165, 1.54) is 4.68 Å². The summed E-state index contributed by atoms with van der Waals surface area (Å²) in [4.78, 5) is 36.9. The molecule has 1 amide bonds. The average molecular weight is 365 g/mol. The van der Waals surface area contributed by atoms with Gasteiger partial charge in [0.05, 0.1) is 23.1 Å². The Morgan fingerprint density at radius 3 is 2.52 bits per heavy atom. The van der Waals surface area contributed by atoms with Crippen LogP contribution in [-0.2, 0) is 11.8 Å². The van der Waals surface area contributed by atoms with E-state index < -0.39 is 17.3 Å². The molecule has 2 aromatic carbocycles. The van der Waals surface area contributed by atoms with E-state index in [0.29, 0.717) is 22.2 Å². The lowest BCUT2D eigenvalue weighted by molar-refractivity contribution is 0.0526. The van der Waals surface area contributed by atoms with Crippen LogP contribution in [0.1, 0.15) is 33.3 Å². The fraction of sp³-hybridized carbons (Fsp3) is 0.200. The van der Waals surface area contributed by atoms with Crippen LogP contribution in [0.2, 0.25) is 0 Å². The number of nitrogens with one attached hydrogen (secondary N) is 1. The molecule has 0 bridgehead atoms. The summed E-state index contributed by atoms with van der Waals surface area (Å²) in [5.74, 6) is -1.04. The molecule has 0 aliphatic carbocycles. The Kier molecular flexibility index (Phi) is 5.03. The number of ether oxygens (including phenoxy) is 1. The molecule has 0 fully saturated rings. The van der Waals surface area contributed by atoms with Crippen molar-refractivity contribution in [2.24, 2.45) is 7.05 Å². The molecule has 27 heavy (non-hydrogen) atoms. The lowest BCUT2D eigenvalue weighted by Gasteiger charge is -2.09. The summed E-state index contributed by atoms with van der Waals surface area (Å²) in [7, 11) is 1.68. The molecule has 7 heteroatoms. The van der Waals surface area contributed by atoms with Crippen LogP contribution < -0.4 is 10.7 Å². The van der Waals surface area contributed by atoms with Gasteiger partial charge in [-0.05, 0) is 50.2 Å². The predicted octanol–water partition coefficient (Wildman–Crippen LogP) is 2.67. The van der Waals surface area contributed by atoms with Gasteiger partial charge >= 0.3 is 5.97 Å². The van der Waals surface area contributed by atoms with Crippen LogP contribution in [0, 0.1) is 6.92 Å². The molecule has 138 valence electrons. The van der Waals surface area contributed by atoms with Gasteiger partial charge in [0, 0.05) is 12.7 Å². The molecule has 0 unspecified atom stereocenters. The van der Waals surface area contributed by atoms with Gasteiger partial charge in [0.1, 0.15) is 0 Å². The van der Waals surface area contributed by atoms with Gasteiger partial charge in [-0.2, -0.15) is 5.10 Å². The van der Waals surface area contributed by atoms with E-state index in [1.54, 1.807) is 50.4 Å². The van der Waals surface area contributed by atoms with Gasteiger partial charge in [-0.15, -0.1) is 0 Å². The second-order valence-corrected chi connectivity index (χ2v) is 6.07. The monoisotopic (exact) mass is 365 g/mol. The van der Waals surface area contributed by atoms with Crippen molar-refractivity contribution in [3.05, 3.63) is 69.5 Å². The normalized spacial score (nSPS) is 10.6. The van der Waals surface area contributed by atoms with Gasteiger partial charge in [0.2, 0.25) is 5.43 Å². The Balaban J connectivity index is 1.89. The molecule has 0 saturated carbocycles. The van der Waals surface area contributed by atoms with Gasteiger partial charge in [-0.1, -0.05) is 11.6 Å². The molecule has 1 N–H and O–H groups in total. The number of carbonyl (C=O) groups excluding carboxylic acids is 2. The number of hydrogen-bond donors (Lipinski definition) is 1. The number of benzene rings is 2. The molecule has 0 spiro atoms. The van der Waals surface area contributed by atoms with Crippen molar-refractivity contribution in [2.75, 3.05) is 11.9 Å². The Morgan fingerprint density at radius 1 is 1.15 bits per heavy atom. The summed E-state index contributed by atoms with van der Waals surface area (Å²) in [6.07, 6.45) is 0. The first-order valence-corrected chi connectivity index (χ1v) is 8.47. The van der Waals surface area contributed by atoms with Gasteiger partial charge in [-0.25, -0.2) is 4.79 Å². The second-order valence-electron chi connectivity index (χ2n) is 6.07. The number of rotatable bonds is 4. The van der Waals surface area contributed by atoms with E-state index in [0.717, 1.165) is 5.56 Å². The average Bonchev–Trinajstić information content (AvgIpc) is 2.65. The first-order valence-electron chi connectivity index (χ1n) is 8.47. The van der Waals surface area contributed by atoms with Crippen molar-refractivity contribution >= 4 is 28.5 Å². The molecule has 7 nitrogen and oxygen atoms in total. The zero-order valence-electron chi connectivity index (χ0n) is 15.3. The molecule has 0 aliphatic heterocycles. The Morgan fingerprint density at radius 2 is 1.85 bits per heavy atom. The van der Waals surface area contributed by atoms with Crippen molar-refractivity contribution in [1.29, 1.82) is 0 Å². The summed E-state index contributed by atoms with van der Waals surface area (Å²) in [6.45, 7) is 3.89. The number of anilines is 1. The molecule has 0 aliphatic rings. The minimum absolute atomic E-state index is 0.190. The summed E-state index contributed by atoms with van der Waals surface area (Å²) in [5.41, 5.74) is 1.79. The van der Waals surface area contributed by atoms with E-state index in [-0.39, 0.29) is 12.3 Å². The summed E-state index contributed by atoms with van der Waals surface area (Å²) in [5, 5.41) is 7.19. The zero-order valence-corrected chi connectivity index (χ0v) is 15.3. The van der Waals surface area contributed by atoms with E-state index in [4.69, 9.17) is 4.74 Å². The highest BCUT2D eigenvalue weighted by Gasteiger charge is 2.17. The molecule has 0 radical (unpaired) electrons. The standard InChI is InChI=1S/C20H19N3O4/c1-4-27-20(26)13-6-8-14(9-7-13)21-19(25)17-18(24)15-11-12(2)5-10-16(15)23(3)22-17/h5-11H,4H2,1-3H3,(H,21,25). The van der Waals surface area contributed by atoms with Crippen LogP contribution in [0.15, 0.2) is 47.3 Å². The molecular formula is C20H19N3O4. The van der Waals surface area contributed by atoms with Crippen LogP contribution >= 0.6 is 0 Å². The van der Waals surface area contributed by atoms with Crippen LogP contribution in [0.25, 0.3) is 10.9 Å². The lowest BCUT2D eigenvalue weighted by Crippen LogP contribution is -2.26. The molecular weight excluding hydrogens is 346 g/mol. The minimum atomic E-state index is -0.608. The third kappa shape index (κ3) is 3.72. The summed E-state index contributed by atoms with van der Waals surface area (Å²) >= 11 is 0. The number of amides is 1. The molecule has 0 atom stereocenters. The molecule has 1 heterocycles. The highest BCUT2D eigenvalue weighted by Crippen LogP contribution is 2.14. The minimum Gasteiger partial charge on any atom is -0.462 e. The molecule has 1 aromatic heterocycles. The van der Waals surface area contributed by atoms with Crippen LogP contribution in [-0.4, -0.2) is 28.3 Å². The van der Waals surface area contributed by atoms with Crippen LogP contribution in [0.5, 0.6) is 0 Å². The Labute approximate surface area is 155 Å². The number of fused-ring (bicyclic) bond motifs is 1. The van der Waals surface area contributed by atoms with Gasteiger partial charge in [0.15, 0.2) is 5.69 Å². The van der Waals surface area contributed by atoms with Crippen molar-refractivity contribution in [3.8, 4) is 0 Å². The number of aryl methyl sites for hydroxylation is 2. The van der Waals surface area contributed by atoms with Crippen LogP contribution in [0.3, 0.4) is 0 Å². The Bertz CT molecular complexity index is 1080. The summed E-state index contributed by atoms with van der Waals surface area (Å²) < 4.78 is 6.43. The number of esters is 1. The van der Waals surface area contributed by atoms with Crippen molar-refractivity contribution < 1.29 is 14.3 Å². The third-order valence-corrected chi connectivity index (χ3v) is 4.08. The molecule has 3 rings (SSSR count).